The lowest BCUT2D eigenvalue weighted by Crippen LogP contribution is -2.46. The van der Waals surface area contributed by atoms with Crippen molar-refractivity contribution in [3.05, 3.63) is 0 Å². The molecule has 0 radical (unpaired) electrons. The fraction of sp³-hybridized carbons (Fsp3) is 1.00. The van der Waals surface area contributed by atoms with Crippen molar-refractivity contribution >= 4 is 0 Å². The van der Waals surface area contributed by atoms with E-state index in [0.29, 0.717) is 12.1 Å². The molecule has 0 bridgehead atoms. The van der Waals surface area contributed by atoms with E-state index in [9.17, 15) is 0 Å². The fourth-order valence-corrected chi connectivity index (χ4v) is 4.27. The molecule has 2 atom stereocenters. The molecule has 0 amide bonds. The zero-order valence-corrected chi connectivity index (χ0v) is 14.0. The lowest BCUT2D eigenvalue weighted by molar-refractivity contribution is 0.158. The summed E-state index contributed by atoms with van der Waals surface area (Å²) in [4.78, 5) is 2.60. The van der Waals surface area contributed by atoms with Crippen molar-refractivity contribution in [1.82, 2.24) is 10.2 Å². The quantitative estimate of drug-likeness (QED) is 0.764. The second kappa shape index (κ2) is 8.38. The molecule has 0 aromatic heterocycles. The van der Waals surface area contributed by atoms with Crippen molar-refractivity contribution in [2.75, 3.05) is 19.6 Å². The summed E-state index contributed by atoms with van der Waals surface area (Å²) in [7, 11) is 0. The predicted molar refractivity (Wildman–Crippen MR) is 88.1 cm³/mol. The summed E-state index contributed by atoms with van der Waals surface area (Å²) in [6.07, 6.45) is 11.5. The minimum absolute atomic E-state index is 0.701. The van der Waals surface area contributed by atoms with E-state index in [0.717, 1.165) is 11.8 Å². The van der Waals surface area contributed by atoms with Crippen LogP contribution in [-0.2, 0) is 0 Å². The Morgan fingerprint density at radius 3 is 1.85 bits per heavy atom. The van der Waals surface area contributed by atoms with Gasteiger partial charge in [0.2, 0.25) is 0 Å². The first-order chi connectivity index (χ1) is 9.70. The number of piperidine rings is 1. The summed E-state index contributed by atoms with van der Waals surface area (Å²) in [6.45, 7) is 11.0. The Morgan fingerprint density at radius 1 is 0.850 bits per heavy atom. The Morgan fingerprint density at radius 2 is 1.35 bits per heavy atom. The molecule has 1 aliphatic heterocycles. The van der Waals surface area contributed by atoms with E-state index in [-0.39, 0.29) is 0 Å². The summed E-state index contributed by atoms with van der Waals surface area (Å²) in [5.41, 5.74) is 0. The molecule has 2 aliphatic rings. The first-order valence-corrected chi connectivity index (χ1v) is 9.19. The number of hydrogen-bond donors (Lipinski definition) is 1. The molecule has 1 saturated carbocycles. The topological polar surface area (TPSA) is 15.3 Å². The summed E-state index contributed by atoms with van der Waals surface area (Å²) >= 11 is 0. The van der Waals surface area contributed by atoms with Crippen molar-refractivity contribution < 1.29 is 0 Å². The van der Waals surface area contributed by atoms with Crippen molar-refractivity contribution in [1.29, 1.82) is 0 Å². The van der Waals surface area contributed by atoms with Gasteiger partial charge in [-0.25, -0.2) is 0 Å². The van der Waals surface area contributed by atoms with Gasteiger partial charge in [-0.15, -0.1) is 0 Å². The molecule has 0 aromatic rings. The second-order valence-corrected chi connectivity index (χ2v) is 7.27. The molecule has 1 unspecified atom stereocenters. The van der Waals surface area contributed by atoms with E-state index < -0.39 is 0 Å². The molecule has 1 heterocycles. The van der Waals surface area contributed by atoms with Crippen molar-refractivity contribution in [2.24, 2.45) is 11.8 Å². The van der Waals surface area contributed by atoms with Gasteiger partial charge in [0.05, 0.1) is 0 Å². The fourth-order valence-electron chi connectivity index (χ4n) is 4.27. The van der Waals surface area contributed by atoms with Gasteiger partial charge in [0, 0.05) is 12.1 Å². The highest BCUT2D eigenvalue weighted by Gasteiger charge is 2.26. The Labute approximate surface area is 126 Å². The van der Waals surface area contributed by atoms with Gasteiger partial charge < -0.3 is 10.2 Å². The molecular formula is C18H36N2. The third kappa shape index (κ3) is 4.73. The van der Waals surface area contributed by atoms with Gasteiger partial charge in [-0.3, -0.25) is 0 Å². The maximum Gasteiger partial charge on any atom is 0.00705 e. The summed E-state index contributed by atoms with van der Waals surface area (Å²) < 4.78 is 0. The molecule has 118 valence electrons. The Kier molecular flexibility index (Phi) is 6.83. The van der Waals surface area contributed by atoms with Crippen LogP contribution in [0.3, 0.4) is 0 Å². The molecule has 1 aliphatic carbocycles. The minimum Gasteiger partial charge on any atom is -0.311 e. The van der Waals surface area contributed by atoms with Crippen molar-refractivity contribution in [3.63, 3.8) is 0 Å². The van der Waals surface area contributed by atoms with E-state index >= 15 is 0 Å². The van der Waals surface area contributed by atoms with Gasteiger partial charge in [-0.05, 0) is 71.0 Å². The van der Waals surface area contributed by atoms with Crippen LogP contribution >= 0.6 is 0 Å². The monoisotopic (exact) mass is 280 g/mol. The number of nitrogens with zero attached hydrogens (tertiary/aromatic N) is 1. The minimum atomic E-state index is 0.701. The lowest BCUT2D eigenvalue weighted by atomic mass is 9.87. The van der Waals surface area contributed by atoms with Gasteiger partial charge in [0.25, 0.3) is 0 Å². The van der Waals surface area contributed by atoms with Gasteiger partial charge in [-0.2, -0.15) is 0 Å². The smallest absolute Gasteiger partial charge is 0.00705 e. The number of hydrogen-bond acceptors (Lipinski definition) is 2. The van der Waals surface area contributed by atoms with Crippen LogP contribution in [0, 0.1) is 11.8 Å². The van der Waals surface area contributed by atoms with Crippen LogP contribution in [0.5, 0.6) is 0 Å². The molecule has 0 aromatic carbocycles. The van der Waals surface area contributed by atoms with Crippen LogP contribution in [0.25, 0.3) is 0 Å². The van der Waals surface area contributed by atoms with E-state index in [4.69, 9.17) is 0 Å². The zero-order chi connectivity index (χ0) is 14.4. The summed E-state index contributed by atoms with van der Waals surface area (Å²) in [5, 5.41) is 3.96. The average molecular weight is 280 g/mol. The second-order valence-electron chi connectivity index (χ2n) is 7.27. The van der Waals surface area contributed by atoms with Crippen LogP contribution in [-0.4, -0.2) is 36.6 Å². The number of nitrogens with one attached hydrogen (secondary N) is 1. The highest BCUT2D eigenvalue weighted by molar-refractivity contribution is 4.83. The number of rotatable bonds is 5. The highest BCUT2D eigenvalue weighted by atomic mass is 15.1. The molecule has 0 spiro atoms. The Hall–Kier alpha value is -0.0800. The van der Waals surface area contributed by atoms with Gasteiger partial charge in [-0.1, -0.05) is 32.6 Å². The highest BCUT2D eigenvalue weighted by Crippen LogP contribution is 2.27. The van der Waals surface area contributed by atoms with Gasteiger partial charge in [0.15, 0.2) is 0 Å². The molecule has 1 N–H and O–H groups in total. The van der Waals surface area contributed by atoms with E-state index in [1.165, 1.54) is 71.0 Å². The molecule has 2 heteroatoms. The van der Waals surface area contributed by atoms with Crippen LogP contribution < -0.4 is 5.32 Å². The van der Waals surface area contributed by atoms with Crippen molar-refractivity contribution in [2.45, 2.75) is 84.2 Å². The van der Waals surface area contributed by atoms with E-state index in [2.05, 4.69) is 31.0 Å². The first-order valence-electron chi connectivity index (χ1n) is 9.19. The Balaban J connectivity index is 1.74. The van der Waals surface area contributed by atoms with Crippen LogP contribution in [0.1, 0.15) is 72.1 Å². The van der Waals surface area contributed by atoms with Crippen LogP contribution in [0.2, 0.25) is 0 Å². The number of likely N-dealkylation sites (tertiary alicyclic amines) is 1. The standard InChI is InChI=1S/C18H36N2/c1-4-20-13-11-18(12-14-20)16(3)19-15(2)17-9-7-5-6-8-10-17/h15-19H,4-14H2,1-3H3/t15-,16?/m0/s1. The zero-order valence-electron chi connectivity index (χ0n) is 14.0. The predicted octanol–water partition coefficient (Wildman–Crippen LogP) is 4.06. The molecule has 1 saturated heterocycles. The Bertz CT molecular complexity index is 250. The first kappa shape index (κ1) is 16.3. The third-order valence-electron chi connectivity index (χ3n) is 5.92. The normalized spacial score (nSPS) is 27.1. The average Bonchev–Trinajstić information content (AvgIpc) is 2.76. The molecule has 2 fully saturated rings. The maximum absolute atomic E-state index is 3.96. The van der Waals surface area contributed by atoms with Crippen molar-refractivity contribution in [3.8, 4) is 0 Å². The van der Waals surface area contributed by atoms with E-state index in [1.54, 1.807) is 0 Å². The summed E-state index contributed by atoms with van der Waals surface area (Å²) in [6, 6.07) is 1.42. The van der Waals surface area contributed by atoms with Gasteiger partial charge in [0.1, 0.15) is 0 Å². The molecule has 20 heavy (non-hydrogen) atoms. The van der Waals surface area contributed by atoms with Gasteiger partial charge >= 0.3 is 0 Å². The largest absolute Gasteiger partial charge is 0.311 e. The maximum atomic E-state index is 3.96. The molecule has 2 nitrogen and oxygen atoms in total. The lowest BCUT2D eigenvalue weighted by Gasteiger charge is -2.37. The SMILES string of the molecule is CCN1CCC(C(C)N[C@@H](C)C2CCCCCC2)CC1. The third-order valence-corrected chi connectivity index (χ3v) is 5.92. The van der Waals surface area contributed by atoms with Crippen LogP contribution in [0.15, 0.2) is 0 Å². The molecular weight excluding hydrogens is 244 g/mol. The van der Waals surface area contributed by atoms with E-state index in [1.807, 2.05) is 0 Å². The van der Waals surface area contributed by atoms with Crippen LogP contribution in [0.4, 0.5) is 0 Å². The molecule has 2 rings (SSSR count). The summed E-state index contributed by atoms with van der Waals surface area (Å²) in [5.74, 6) is 1.82.